The predicted molar refractivity (Wildman–Crippen MR) is 119 cm³/mol. The third kappa shape index (κ3) is 6.05. The Hall–Kier alpha value is -3.50. The van der Waals surface area contributed by atoms with E-state index < -0.39 is 34.5 Å². The minimum absolute atomic E-state index is 0.00762. The van der Waals surface area contributed by atoms with Gasteiger partial charge in [0.1, 0.15) is 22.5 Å². The number of carbonyl (C=O) groups excluding carboxylic acids is 2. The third-order valence-corrected chi connectivity index (χ3v) is 7.04. The van der Waals surface area contributed by atoms with Gasteiger partial charge in [0, 0.05) is 12.1 Å². The highest BCUT2D eigenvalue weighted by molar-refractivity contribution is 7.89. The van der Waals surface area contributed by atoms with Crippen molar-refractivity contribution in [2.24, 2.45) is 5.73 Å². The zero-order valence-electron chi connectivity index (χ0n) is 17.4. The molecule has 33 heavy (non-hydrogen) atoms. The molecule has 1 atom stereocenters. The van der Waals surface area contributed by atoms with E-state index in [4.69, 9.17) is 15.7 Å². The van der Waals surface area contributed by atoms with Crippen molar-refractivity contribution < 1.29 is 22.7 Å². The predicted octanol–water partition coefficient (Wildman–Crippen LogP) is 1.30. The van der Waals surface area contributed by atoms with Crippen molar-refractivity contribution in [1.29, 1.82) is 5.26 Å². The van der Waals surface area contributed by atoms with Gasteiger partial charge in [0.05, 0.1) is 16.5 Å². The lowest BCUT2D eigenvalue weighted by atomic mass is 10.2. The number of aryl methyl sites for hydroxylation is 1. The molecule has 2 aromatic carbocycles. The van der Waals surface area contributed by atoms with Crippen LogP contribution in [0.5, 0.6) is 0 Å². The Morgan fingerprint density at radius 2 is 1.88 bits per heavy atom. The van der Waals surface area contributed by atoms with Crippen LogP contribution in [0.2, 0.25) is 0 Å². The Labute approximate surface area is 194 Å². The molecule has 170 valence electrons. The van der Waals surface area contributed by atoms with E-state index in [-0.39, 0.29) is 11.3 Å². The first-order chi connectivity index (χ1) is 15.7. The van der Waals surface area contributed by atoms with Crippen LogP contribution < -0.4 is 10.5 Å². The molecule has 3 aromatic rings. The fourth-order valence-corrected chi connectivity index (χ4v) is 5.05. The van der Waals surface area contributed by atoms with Gasteiger partial charge in [0.15, 0.2) is 0 Å². The third-order valence-electron chi connectivity index (χ3n) is 4.44. The first kappa shape index (κ1) is 24.1. The Morgan fingerprint density at radius 3 is 2.52 bits per heavy atom. The van der Waals surface area contributed by atoms with Gasteiger partial charge in [-0.2, -0.15) is 9.98 Å². The number of hydrogen-bond donors (Lipinski definition) is 2. The number of nitriles is 1. The molecule has 0 radical (unpaired) electrons. The molecule has 1 unspecified atom stereocenters. The van der Waals surface area contributed by atoms with Gasteiger partial charge in [-0.25, -0.2) is 13.2 Å². The number of ether oxygens (including phenoxy) is 1. The van der Waals surface area contributed by atoms with Gasteiger partial charge in [-0.3, -0.25) is 4.79 Å². The summed E-state index contributed by atoms with van der Waals surface area (Å²) in [5.74, 6) is -2.03. The minimum atomic E-state index is -4.06. The fraction of sp³-hybridized carbons (Fsp3) is 0.190. The molecule has 1 aromatic heterocycles. The molecule has 12 heteroatoms. The van der Waals surface area contributed by atoms with Crippen molar-refractivity contribution in [2.45, 2.75) is 24.3 Å². The lowest BCUT2D eigenvalue weighted by Gasteiger charge is -2.16. The molecule has 3 N–H and O–H groups in total. The van der Waals surface area contributed by atoms with E-state index in [0.717, 1.165) is 16.9 Å². The monoisotopic (exact) mass is 485 g/mol. The highest BCUT2D eigenvalue weighted by Gasteiger charge is 2.28. The maximum atomic E-state index is 12.6. The summed E-state index contributed by atoms with van der Waals surface area (Å²) in [5.41, 5.74) is 7.24. The molecular weight excluding hydrogens is 466 g/mol. The molecule has 3 rings (SSSR count). The molecule has 0 aliphatic rings. The van der Waals surface area contributed by atoms with E-state index >= 15 is 0 Å². The van der Waals surface area contributed by atoms with E-state index in [0.29, 0.717) is 21.1 Å². The number of nitrogens with one attached hydrogen (secondary N) is 1. The van der Waals surface area contributed by atoms with Gasteiger partial charge >= 0.3 is 11.9 Å². The van der Waals surface area contributed by atoms with Gasteiger partial charge in [-0.05, 0) is 30.7 Å². The number of aromatic nitrogens is 2. The molecule has 1 heterocycles. The highest BCUT2D eigenvalue weighted by Crippen LogP contribution is 2.24. The topological polar surface area (TPSA) is 165 Å². The zero-order chi connectivity index (χ0) is 24.0. The van der Waals surface area contributed by atoms with Crippen molar-refractivity contribution in [3.63, 3.8) is 0 Å². The Morgan fingerprint density at radius 1 is 1.18 bits per heavy atom. The van der Waals surface area contributed by atoms with Crippen molar-refractivity contribution in [2.75, 3.05) is 6.54 Å². The lowest BCUT2D eigenvalue weighted by Crippen LogP contribution is -2.47. The van der Waals surface area contributed by atoms with Crippen molar-refractivity contribution >= 4 is 33.3 Å². The van der Waals surface area contributed by atoms with E-state index in [1.165, 1.54) is 6.07 Å². The highest BCUT2D eigenvalue weighted by atomic mass is 32.2. The maximum Gasteiger partial charge on any atom is 0.333 e. The second kappa shape index (κ2) is 10.4. The van der Waals surface area contributed by atoms with Crippen LogP contribution in [0, 0.1) is 18.3 Å². The second-order valence-electron chi connectivity index (χ2n) is 6.84. The first-order valence-corrected chi connectivity index (χ1v) is 11.9. The van der Waals surface area contributed by atoms with Gasteiger partial charge in [0.2, 0.25) is 10.0 Å². The van der Waals surface area contributed by atoms with E-state index in [9.17, 15) is 18.0 Å². The summed E-state index contributed by atoms with van der Waals surface area (Å²) in [6.45, 7) is 1.21. The normalized spacial score (nSPS) is 12.0. The summed E-state index contributed by atoms with van der Waals surface area (Å²) in [4.78, 5) is 24.5. The van der Waals surface area contributed by atoms with Crippen LogP contribution in [0.15, 0.2) is 53.4 Å². The van der Waals surface area contributed by atoms with Gasteiger partial charge in [0.25, 0.3) is 0 Å². The lowest BCUT2D eigenvalue weighted by molar-refractivity contribution is -0.160. The molecule has 0 saturated carbocycles. The van der Waals surface area contributed by atoms with Crippen LogP contribution in [0.3, 0.4) is 0 Å². The minimum Gasteiger partial charge on any atom is -0.392 e. The number of carbonyl (C=O) groups is 2. The number of rotatable bonds is 8. The average Bonchev–Trinajstić information content (AvgIpc) is 3.25. The molecule has 0 saturated heterocycles. The second-order valence-corrected chi connectivity index (χ2v) is 9.58. The average molecular weight is 486 g/mol. The number of benzene rings is 2. The summed E-state index contributed by atoms with van der Waals surface area (Å²) in [5, 5.41) is 17.6. The molecule has 0 aliphatic carbocycles. The molecule has 0 bridgehead atoms. The molecule has 0 aliphatic heterocycles. The summed E-state index contributed by atoms with van der Waals surface area (Å²) in [6.07, 6.45) is -0.332. The number of esters is 2. The fourth-order valence-electron chi connectivity index (χ4n) is 2.77. The van der Waals surface area contributed by atoms with Crippen LogP contribution in [0.1, 0.15) is 16.1 Å². The Balaban J connectivity index is 1.62. The summed E-state index contributed by atoms with van der Waals surface area (Å²) >= 11 is 1.12. The Kier molecular flexibility index (Phi) is 7.62. The van der Waals surface area contributed by atoms with Crippen LogP contribution in [-0.4, -0.2) is 43.1 Å². The van der Waals surface area contributed by atoms with Crippen molar-refractivity contribution in [1.82, 2.24) is 14.9 Å². The standard InChI is InChI=1S/C21H19N5O5S2/c1-13-4-2-3-5-17(13)33(29,30)26-16(12-23)21(28)31-19(27)10-18-24-25-20(32-18)15-8-6-14(11-22)7-9-15/h2-9,16,26H,10,12,23H2,1H3. The van der Waals surface area contributed by atoms with Crippen LogP contribution in [-0.2, 0) is 30.8 Å². The molecule has 0 fully saturated rings. The van der Waals surface area contributed by atoms with Gasteiger partial charge in [-0.15, -0.1) is 10.2 Å². The summed E-state index contributed by atoms with van der Waals surface area (Å²) < 4.78 is 32.1. The smallest absolute Gasteiger partial charge is 0.333 e. The van der Waals surface area contributed by atoms with Crippen LogP contribution in [0.4, 0.5) is 0 Å². The van der Waals surface area contributed by atoms with E-state index in [1.54, 1.807) is 49.4 Å². The number of hydrogen-bond acceptors (Lipinski definition) is 10. The largest absolute Gasteiger partial charge is 0.392 e. The molecular formula is C21H19N5O5S2. The van der Waals surface area contributed by atoms with E-state index in [1.807, 2.05) is 6.07 Å². The number of nitrogens with two attached hydrogens (primary N) is 1. The van der Waals surface area contributed by atoms with Crippen molar-refractivity contribution in [3.05, 3.63) is 64.7 Å². The Bertz CT molecular complexity index is 1310. The quantitative estimate of drug-likeness (QED) is 0.353. The SMILES string of the molecule is Cc1ccccc1S(=O)(=O)NC(CN)C(=O)OC(=O)Cc1nnc(-c2ccc(C#N)cc2)s1. The van der Waals surface area contributed by atoms with Crippen LogP contribution >= 0.6 is 11.3 Å². The summed E-state index contributed by atoms with van der Waals surface area (Å²) in [6, 6.07) is 13.5. The molecule has 10 nitrogen and oxygen atoms in total. The van der Waals surface area contributed by atoms with Crippen molar-refractivity contribution in [3.8, 4) is 16.6 Å². The molecule has 0 amide bonds. The first-order valence-electron chi connectivity index (χ1n) is 9.59. The zero-order valence-corrected chi connectivity index (χ0v) is 19.0. The van der Waals surface area contributed by atoms with Crippen LogP contribution in [0.25, 0.3) is 10.6 Å². The van der Waals surface area contributed by atoms with E-state index in [2.05, 4.69) is 14.9 Å². The number of sulfonamides is 1. The van der Waals surface area contributed by atoms with Gasteiger partial charge in [-0.1, -0.05) is 41.7 Å². The maximum absolute atomic E-state index is 12.6. The van der Waals surface area contributed by atoms with Gasteiger partial charge < -0.3 is 10.5 Å². The number of nitrogens with zero attached hydrogens (tertiary/aromatic N) is 3. The summed E-state index contributed by atoms with van der Waals surface area (Å²) in [7, 11) is -4.06. The molecule has 0 spiro atoms.